The molecule has 3 heteroatoms. The van der Waals surface area contributed by atoms with Crippen LogP contribution in [0.3, 0.4) is 0 Å². The van der Waals surface area contributed by atoms with E-state index >= 15 is 0 Å². The number of hydrogen-bond acceptors (Lipinski definition) is 3. The van der Waals surface area contributed by atoms with Crippen LogP contribution in [0.15, 0.2) is 0 Å². The molecule has 1 heterocycles. The van der Waals surface area contributed by atoms with E-state index < -0.39 is 0 Å². The second-order valence-corrected chi connectivity index (χ2v) is 11.5. The van der Waals surface area contributed by atoms with Crippen LogP contribution in [-0.4, -0.2) is 49.3 Å². The van der Waals surface area contributed by atoms with Crippen molar-refractivity contribution in [2.24, 2.45) is 11.8 Å². The Kier molecular flexibility index (Phi) is 16.0. The summed E-state index contributed by atoms with van der Waals surface area (Å²) in [6.07, 6.45) is 23.8. The van der Waals surface area contributed by atoms with E-state index in [4.69, 9.17) is 4.74 Å². The average molecular weight is 465 g/mol. The lowest BCUT2D eigenvalue weighted by atomic mass is 9.87. The molecule has 0 spiro atoms. The second kappa shape index (κ2) is 18.2. The highest BCUT2D eigenvalue weighted by Crippen LogP contribution is 2.28. The first-order valence-electron chi connectivity index (χ1n) is 15.3. The maximum Gasteiger partial charge on any atom is 0.0605 e. The number of hydrogen-bond donors (Lipinski definition) is 1. The number of ether oxygens (including phenoxy) is 1. The molecule has 1 aliphatic carbocycles. The van der Waals surface area contributed by atoms with Crippen molar-refractivity contribution in [1.29, 1.82) is 0 Å². The fourth-order valence-electron chi connectivity index (χ4n) is 5.94. The quantitative estimate of drug-likeness (QED) is 0.185. The van der Waals surface area contributed by atoms with Crippen LogP contribution < -0.4 is 5.32 Å². The summed E-state index contributed by atoms with van der Waals surface area (Å²) in [5.41, 5.74) is 0. The Bertz CT molecular complexity index is 431. The summed E-state index contributed by atoms with van der Waals surface area (Å²) >= 11 is 0. The zero-order valence-electron chi connectivity index (χ0n) is 23.1. The van der Waals surface area contributed by atoms with Gasteiger partial charge in [0.25, 0.3) is 0 Å². The minimum absolute atomic E-state index is 0.523. The summed E-state index contributed by atoms with van der Waals surface area (Å²) in [7, 11) is 0. The number of piperidine rings is 1. The van der Waals surface area contributed by atoms with E-state index in [9.17, 15) is 0 Å². The van der Waals surface area contributed by atoms with Crippen molar-refractivity contribution in [3.05, 3.63) is 0 Å². The van der Waals surface area contributed by atoms with E-state index in [-0.39, 0.29) is 0 Å². The van der Waals surface area contributed by atoms with Crippen molar-refractivity contribution in [1.82, 2.24) is 10.2 Å². The largest absolute Gasteiger partial charge is 0.378 e. The van der Waals surface area contributed by atoms with Gasteiger partial charge in [0, 0.05) is 25.2 Å². The van der Waals surface area contributed by atoms with Gasteiger partial charge >= 0.3 is 0 Å². The Hall–Kier alpha value is -0.120. The minimum atomic E-state index is 0.523. The van der Waals surface area contributed by atoms with Gasteiger partial charge in [-0.15, -0.1) is 0 Å². The van der Waals surface area contributed by atoms with Crippen LogP contribution in [0, 0.1) is 11.8 Å². The highest BCUT2D eigenvalue weighted by molar-refractivity contribution is 4.88. The molecule has 2 fully saturated rings. The highest BCUT2D eigenvalue weighted by atomic mass is 16.5. The Morgan fingerprint density at radius 1 is 0.788 bits per heavy atom. The molecule has 2 rings (SSSR count). The van der Waals surface area contributed by atoms with Crippen LogP contribution >= 0.6 is 0 Å². The van der Waals surface area contributed by atoms with Gasteiger partial charge in [0.15, 0.2) is 0 Å². The molecule has 0 radical (unpaired) electrons. The summed E-state index contributed by atoms with van der Waals surface area (Å²) in [4.78, 5) is 2.79. The first kappa shape index (κ1) is 29.1. The molecule has 0 aromatic heterocycles. The summed E-state index contributed by atoms with van der Waals surface area (Å²) in [6.45, 7) is 14.2. The average Bonchev–Trinajstić information content (AvgIpc) is 2.80. The van der Waals surface area contributed by atoms with Crippen molar-refractivity contribution in [2.45, 2.75) is 155 Å². The van der Waals surface area contributed by atoms with Crippen molar-refractivity contribution >= 4 is 0 Å². The van der Waals surface area contributed by atoms with Gasteiger partial charge in [-0.1, -0.05) is 85.5 Å². The lowest BCUT2D eigenvalue weighted by molar-refractivity contribution is -0.0429. The maximum absolute atomic E-state index is 6.33. The molecule has 1 saturated carbocycles. The van der Waals surface area contributed by atoms with E-state index in [0.29, 0.717) is 18.2 Å². The molecule has 0 amide bonds. The lowest BCUT2D eigenvalue weighted by Crippen LogP contribution is -2.49. The van der Waals surface area contributed by atoms with Crippen molar-refractivity contribution in [3.8, 4) is 0 Å². The first-order valence-corrected chi connectivity index (χ1v) is 15.3. The molecule has 196 valence electrons. The molecular weight excluding hydrogens is 404 g/mol. The van der Waals surface area contributed by atoms with Gasteiger partial charge in [-0.05, 0) is 76.3 Å². The van der Waals surface area contributed by atoms with E-state index in [1.54, 1.807) is 0 Å². The minimum Gasteiger partial charge on any atom is -0.378 e. The summed E-state index contributed by atoms with van der Waals surface area (Å²) in [5, 5.41) is 3.85. The third-order valence-electron chi connectivity index (χ3n) is 8.42. The van der Waals surface area contributed by atoms with Gasteiger partial charge in [-0.3, -0.25) is 0 Å². The molecule has 2 aliphatic rings. The summed E-state index contributed by atoms with van der Waals surface area (Å²) in [5.74, 6) is 1.73. The number of unbranched alkanes of at least 4 members (excludes halogenated alkanes) is 6. The van der Waals surface area contributed by atoms with Gasteiger partial charge in [0.2, 0.25) is 0 Å². The van der Waals surface area contributed by atoms with Crippen LogP contribution in [0.5, 0.6) is 0 Å². The predicted molar refractivity (Wildman–Crippen MR) is 145 cm³/mol. The van der Waals surface area contributed by atoms with Crippen LogP contribution in [0.1, 0.15) is 137 Å². The Labute approximate surface area is 208 Å². The molecule has 1 unspecified atom stereocenters. The Morgan fingerprint density at radius 2 is 1.42 bits per heavy atom. The number of likely N-dealkylation sites (tertiary alicyclic amines) is 1. The fourth-order valence-corrected chi connectivity index (χ4v) is 5.94. The van der Waals surface area contributed by atoms with Crippen LogP contribution in [0.4, 0.5) is 0 Å². The molecular formula is C30H60N2O. The number of rotatable bonds is 20. The summed E-state index contributed by atoms with van der Waals surface area (Å²) in [6, 6.07) is 1.42. The van der Waals surface area contributed by atoms with E-state index in [2.05, 4.69) is 37.9 Å². The van der Waals surface area contributed by atoms with E-state index in [1.165, 1.54) is 129 Å². The molecule has 1 saturated heterocycles. The van der Waals surface area contributed by atoms with Crippen LogP contribution in [0.25, 0.3) is 0 Å². The van der Waals surface area contributed by atoms with E-state index in [0.717, 1.165) is 18.4 Å². The zero-order valence-corrected chi connectivity index (χ0v) is 23.1. The van der Waals surface area contributed by atoms with Gasteiger partial charge in [-0.25, -0.2) is 0 Å². The van der Waals surface area contributed by atoms with E-state index in [1.807, 2.05) is 0 Å². The maximum atomic E-state index is 6.33. The van der Waals surface area contributed by atoms with Gasteiger partial charge in [0.1, 0.15) is 0 Å². The Balaban J connectivity index is 1.58. The van der Waals surface area contributed by atoms with Gasteiger partial charge < -0.3 is 15.0 Å². The fraction of sp³-hybridized carbons (Fsp3) is 1.00. The lowest BCUT2D eigenvalue weighted by Gasteiger charge is -2.40. The SMILES string of the molecule is CCCCCCC(CCCCCC)CN1CCC(COC2CC(NC(CC)CCC)C2)CC1. The standard InChI is InChI=1S/C30H60N2O/c1-5-9-11-13-16-26(17-14-12-10-6-2)24-32-20-18-27(19-21-32)25-33-30-22-29(23-30)31-28(8-4)15-7-3/h26-31H,5-25H2,1-4H3. The van der Waals surface area contributed by atoms with Crippen LogP contribution in [-0.2, 0) is 4.74 Å². The topological polar surface area (TPSA) is 24.5 Å². The smallest absolute Gasteiger partial charge is 0.0605 e. The molecule has 3 nitrogen and oxygen atoms in total. The van der Waals surface area contributed by atoms with Gasteiger partial charge in [-0.2, -0.15) is 0 Å². The number of nitrogens with one attached hydrogen (secondary N) is 1. The van der Waals surface area contributed by atoms with Crippen molar-refractivity contribution in [2.75, 3.05) is 26.2 Å². The van der Waals surface area contributed by atoms with Crippen molar-refractivity contribution < 1.29 is 4.74 Å². The molecule has 0 bridgehead atoms. The summed E-state index contributed by atoms with van der Waals surface area (Å²) < 4.78 is 6.33. The Morgan fingerprint density at radius 3 is 1.97 bits per heavy atom. The molecule has 0 aromatic carbocycles. The third-order valence-corrected chi connectivity index (χ3v) is 8.42. The third kappa shape index (κ3) is 12.4. The molecule has 1 atom stereocenters. The monoisotopic (exact) mass is 464 g/mol. The predicted octanol–water partition coefficient (Wildman–Crippen LogP) is 7.97. The molecule has 0 aromatic rings. The highest BCUT2D eigenvalue weighted by Gasteiger charge is 2.32. The van der Waals surface area contributed by atoms with Crippen LogP contribution in [0.2, 0.25) is 0 Å². The normalized spacial score (nSPS) is 23.2. The molecule has 1 N–H and O–H groups in total. The zero-order chi connectivity index (χ0) is 23.7. The molecule has 33 heavy (non-hydrogen) atoms. The number of nitrogens with zero attached hydrogens (tertiary/aromatic N) is 1. The van der Waals surface area contributed by atoms with Crippen molar-refractivity contribution in [3.63, 3.8) is 0 Å². The van der Waals surface area contributed by atoms with Gasteiger partial charge in [0.05, 0.1) is 6.10 Å². The second-order valence-electron chi connectivity index (χ2n) is 11.5. The first-order chi connectivity index (χ1) is 16.2. The molecule has 1 aliphatic heterocycles.